The highest BCUT2D eigenvalue weighted by molar-refractivity contribution is 7.13. The maximum Gasteiger partial charge on any atom is 0.246 e. The molecule has 4 heterocycles. The van der Waals surface area contributed by atoms with Crippen molar-refractivity contribution >= 4 is 45.6 Å². The molecule has 9 heteroatoms. The minimum absolute atomic E-state index is 0.0144. The molecule has 1 aliphatic heterocycles. The van der Waals surface area contributed by atoms with E-state index in [0.29, 0.717) is 12.4 Å². The summed E-state index contributed by atoms with van der Waals surface area (Å²) >= 11 is 3.13. The number of nitrogens with one attached hydrogen (secondary N) is 1. The fourth-order valence-corrected chi connectivity index (χ4v) is 4.58. The zero-order valence-electron chi connectivity index (χ0n) is 16.5. The minimum Gasteiger partial charge on any atom is -0.338 e. The summed E-state index contributed by atoms with van der Waals surface area (Å²) in [6.07, 6.45) is 4.29. The van der Waals surface area contributed by atoms with E-state index in [1.807, 2.05) is 42.5 Å². The van der Waals surface area contributed by atoms with Crippen molar-refractivity contribution in [3.8, 4) is 0 Å². The summed E-state index contributed by atoms with van der Waals surface area (Å²) < 4.78 is 0. The minimum atomic E-state index is 0.0144. The van der Waals surface area contributed by atoms with Crippen molar-refractivity contribution in [2.75, 3.05) is 18.4 Å². The molecule has 0 spiro atoms. The number of carbonyl (C=O) groups excluding carboxylic acids is 1. The Labute approximate surface area is 177 Å². The number of aromatic nitrogens is 4. The third-order valence-corrected chi connectivity index (χ3v) is 6.33. The zero-order chi connectivity index (χ0) is 20.4. The maximum atomic E-state index is 12.5. The molecule has 1 fully saturated rings. The first-order chi connectivity index (χ1) is 14.0. The Hall–Kier alpha value is -2.65. The van der Waals surface area contributed by atoms with Gasteiger partial charge in [-0.05, 0) is 33.3 Å². The smallest absolute Gasteiger partial charge is 0.246 e. The van der Waals surface area contributed by atoms with Crippen molar-refractivity contribution < 1.29 is 4.79 Å². The fraction of sp³-hybridized carbons (Fsp3) is 0.350. The van der Waals surface area contributed by atoms with Crippen LogP contribution in [0.3, 0.4) is 0 Å². The van der Waals surface area contributed by atoms with Gasteiger partial charge in [-0.2, -0.15) is 0 Å². The quantitative estimate of drug-likeness (QED) is 0.619. The molecule has 1 atom stereocenters. The lowest BCUT2D eigenvalue weighted by Crippen LogP contribution is -2.26. The first-order valence-corrected chi connectivity index (χ1v) is 11.2. The summed E-state index contributed by atoms with van der Waals surface area (Å²) in [5.41, 5.74) is 2.77. The molecule has 1 amide bonds. The van der Waals surface area contributed by atoms with Crippen molar-refractivity contribution in [1.29, 1.82) is 0 Å². The molecule has 4 rings (SSSR count). The number of nitrogens with zero attached hydrogens (tertiary/aromatic N) is 5. The molecule has 1 saturated heterocycles. The highest BCUT2D eigenvalue weighted by Gasteiger charge is 2.27. The second-order valence-corrected chi connectivity index (χ2v) is 8.96. The summed E-state index contributed by atoms with van der Waals surface area (Å²) in [4.78, 5) is 32.3. The number of hydrogen-bond donors (Lipinski definition) is 1. The van der Waals surface area contributed by atoms with Crippen LogP contribution in [0.25, 0.3) is 6.08 Å². The van der Waals surface area contributed by atoms with Gasteiger partial charge in [0.25, 0.3) is 0 Å². The molecule has 0 aromatic carbocycles. The van der Waals surface area contributed by atoms with Crippen molar-refractivity contribution in [3.63, 3.8) is 0 Å². The molecule has 1 aliphatic rings. The van der Waals surface area contributed by atoms with E-state index in [1.165, 1.54) is 0 Å². The number of aryl methyl sites for hydroxylation is 3. The number of anilines is 2. The second kappa shape index (κ2) is 8.38. The Bertz CT molecular complexity index is 1060. The molecule has 0 bridgehead atoms. The van der Waals surface area contributed by atoms with Gasteiger partial charge in [-0.15, -0.1) is 22.7 Å². The Kier molecular flexibility index (Phi) is 5.68. The number of hydrogen-bond acceptors (Lipinski definition) is 8. The highest BCUT2D eigenvalue weighted by Crippen LogP contribution is 2.28. The Morgan fingerprint density at radius 1 is 1.17 bits per heavy atom. The average Bonchev–Trinajstić information content (AvgIpc) is 3.41. The number of likely N-dealkylation sites (tertiary alicyclic amines) is 1. The van der Waals surface area contributed by atoms with Gasteiger partial charge in [0.15, 0.2) is 5.13 Å². The molecule has 150 valence electrons. The topological polar surface area (TPSA) is 83.9 Å². The van der Waals surface area contributed by atoms with E-state index < -0.39 is 0 Å². The third kappa shape index (κ3) is 4.86. The van der Waals surface area contributed by atoms with Crippen LogP contribution in [0.4, 0.5) is 10.9 Å². The van der Waals surface area contributed by atoms with Crippen LogP contribution in [0, 0.1) is 20.8 Å². The van der Waals surface area contributed by atoms with Gasteiger partial charge in [-0.25, -0.2) is 19.9 Å². The van der Waals surface area contributed by atoms with Gasteiger partial charge in [-0.1, -0.05) is 0 Å². The van der Waals surface area contributed by atoms with Gasteiger partial charge in [0.05, 0.1) is 22.1 Å². The van der Waals surface area contributed by atoms with Crippen molar-refractivity contribution in [3.05, 3.63) is 50.8 Å². The van der Waals surface area contributed by atoms with Crippen molar-refractivity contribution in [1.82, 2.24) is 24.8 Å². The zero-order valence-corrected chi connectivity index (χ0v) is 18.2. The molecule has 1 unspecified atom stereocenters. The van der Waals surface area contributed by atoms with E-state index in [0.717, 1.165) is 46.0 Å². The normalized spacial score (nSPS) is 16.7. The lowest BCUT2D eigenvalue weighted by atomic mass is 10.0. The van der Waals surface area contributed by atoms with Crippen LogP contribution in [0.1, 0.15) is 40.3 Å². The molecule has 7 nitrogen and oxygen atoms in total. The van der Waals surface area contributed by atoms with Crippen LogP contribution in [0.15, 0.2) is 22.9 Å². The molecule has 1 N–H and O–H groups in total. The van der Waals surface area contributed by atoms with Crippen molar-refractivity contribution in [2.45, 2.75) is 33.1 Å². The summed E-state index contributed by atoms with van der Waals surface area (Å²) in [5, 5.41) is 9.03. The van der Waals surface area contributed by atoms with Gasteiger partial charge >= 0.3 is 0 Å². The first-order valence-electron chi connectivity index (χ1n) is 9.40. The van der Waals surface area contributed by atoms with Crippen LogP contribution in [-0.4, -0.2) is 43.8 Å². The number of amides is 1. The molecule has 0 aliphatic carbocycles. The summed E-state index contributed by atoms with van der Waals surface area (Å²) in [5.74, 6) is 1.67. The third-order valence-electron chi connectivity index (χ3n) is 4.66. The van der Waals surface area contributed by atoms with E-state index in [2.05, 4.69) is 25.3 Å². The molecular weight excluding hydrogens is 404 g/mol. The van der Waals surface area contributed by atoms with E-state index in [-0.39, 0.29) is 11.8 Å². The summed E-state index contributed by atoms with van der Waals surface area (Å²) in [6.45, 7) is 7.19. The molecule has 29 heavy (non-hydrogen) atoms. The maximum absolute atomic E-state index is 12.5. The van der Waals surface area contributed by atoms with Crippen LogP contribution >= 0.6 is 22.7 Å². The highest BCUT2D eigenvalue weighted by atomic mass is 32.1. The SMILES string of the molecule is Cc1csc(Nc2cc(C3CCN(C(=O)C=Cc4csc(C)n4)C3)nc(C)n2)n1. The molecule has 3 aromatic heterocycles. The predicted molar refractivity (Wildman–Crippen MR) is 117 cm³/mol. The molecule has 0 saturated carbocycles. The molecule has 0 radical (unpaired) electrons. The van der Waals surface area contributed by atoms with E-state index in [9.17, 15) is 4.79 Å². The Balaban J connectivity index is 1.43. The van der Waals surface area contributed by atoms with Gasteiger partial charge < -0.3 is 10.2 Å². The summed E-state index contributed by atoms with van der Waals surface area (Å²) in [6, 6.07) is 1.97. The van der Waals surface area contributed by atoms with Crippen LogP contribution in [0.5, 0.6) is 0 Å². The van der Waals surface area contributed by atoms with E-state index in [1.54, 1.807) is 34.8 Å². The largest absolute Gasteiger partial charge is 0.338 e. The van der Waals surface area contributed by atoms with Gasteiger partial charge in [-0.3, -0.25) is 4.79 Å². The molecule has 3 aromatic rings. The van der Waals surface area contributed by atoms with Gasteiger partial charge in [0, 0.05) is 41.9 Å². The van der Waals surface area contributed by atoms with Crippen LogP contribution in [0.2, 0.25) is 0 Å². The second-order valence-electron chi connectivity index (χ2n) is 7.04. The Morgan fingerprint density at radius 3 is 2.76 bits per heavy atom. The number of carbonyl (C=O) groups is 1. The fourth-order valence-electron chi connectivity index (χ4n) is 3.31. The van der Waals surface area contributed by atoms with E-state index in [4.69, 9.17) is 0 Å². The average molecular weight is 427 g/mol. The Morgan fingerprint density at radius 2 is 2.03 bits per heavy atom. The number of rotatable bonds is 5. The van der Waals surface area contributed by atoms with Crippen LogP contribution < -0.4 is 5.32 Å². The molecular formula is C20H22N6OS2. The monoisotopic (exact) mass is 426 g/mol. The summed E-state index contributed by atoms with van der Waals surface area (Å²) in [7, 11) is 0. The van der Waals surface area contributed by atoms with E-state index >= 15 is 0 Å². The predicted octanol–water partition coefficient (Wildman–Crippen LogP) is 4.09. The van der Waals surface area contributed by atoms with Crippen LogP contribution in [-0.2, 0) is 4.79 Å². The lowest BCUT2D eigenvalue weighted by molar-refractivity contribution is -0.124. The van der Waals surface area contributed by atoms with Crippen molar-refractivity contribution in [2.24, 2.45) is 0 Å². The number of thiazole rings is 2. The standard InChI is InChI=1S/C20H22N6OS2/c1-12-10-29-20(21-12)25-18-8-17(22-13(2)23-18)15-6-7-26(9-15)19(27)5-4-16-11-28-14(3)24-16/h4-5,8,10-11,15H,6-7,9H2,1-3H3,(H,21,22,23,25). The van der Waals surface area contributed by atoms with Gasteiger partial charge in [0.1, 0.15) is 11.6 Å². The lowest BCUT2D eigenvalue weighted by Gasteiger charge is -2.15. The first kappa shape index (κ1) is 19.7. The van der Waals surface area contributed by atoms with Gasteiger partial charge in [0.2, 0.25) is 5.91 Å².